The lowest BCUT2D eigenvalue weighted by molar-refractivity contribution is 0.660. The summed E-state index contributed by atoms with van der Waals surface area (Å²) in [4.78, 5) is 0. The summed E-state index contributed by atoms with van der Waals surface area (Å²) in [6.45, 7) is 6.96. The molecule has 0 aromatic heterocycles. The van der Waals surface area contributed by atoms with Crippen LogP contribution >= 0.6 is 22.6 Å². The zero-order chi connectivity index (χ0) is 19.0. The van der Waals surface area contributed by atoms with Crippen LogP contribution in [0, 0.1) is 0 Å². The van der Waals surface area contributed by atoms with Crippen molar-refractivity contribution in [1.29, 1.82) is 0 Å². The Morgan fingerprint density at radius 2 is 1.56 bits per heavy atom. The van der Waals surface area contributed by atoms with Gasteiger partial charge in [0, 0.05) is 9.84 Å². The average molecular weight is 464 g/mol. The molecule has 3 aromatic carbocycles. The van der Waals surface area contributed by atoms with E-state index >= 15 is 0 Å². The zero-order valence-electron chi connectivity index (χ0n) is 16.2. The Kier molecular flexibility index (Phi) is 4.98. The molecule has 4 rings (SSSR count). The van der Waals surface area contributed by atoms with E-state index in [1.165, 1.54) is 44.2 Å². The summed E-state index contributed by atoms with van der Waals surface area (Å²) in [6, 6.07) is 22.4. The summed E-state index contributed by atoms with van der Waals surface area (Å²) in [5.41, 5.74) is 8.41. The fourth-order valence-corrected chi connectivity index (χ4v) is 4.78. The molecule has 1 heteroatoms. The summed E-state index contributed by atoms with van der Waals surface area (Å²) >= 11 is 2.45. The van der Waals surface area contributed by atoms with E-state index in [4.69, 9.17) is 0 Å². The van der Waals surface area contributed by atoms with Gasteiger partial charge in [0.15, 0.2) is 0 Å². The van der Waals surface area contributed by atoms with Gasteiger partial charge in [0.05, 0.1) is 0 Å². The average Bonchev–Trinajstić information content (AvgIpc) is 2.89. The molecule has 1 aliphatic carbocycles. The number of benzene rings is 3. The Labute approximate surface area is 176 Å². The topological polar surface area (TPSA) is 0 Å². The van der Waals surface area contributed by atoms with Crippen molar-refractivity contribution in [2.24, 2.45) is 0 Å². The molecule has 0 heterocycles. The molecular weight excluding hydrogens is 439 g/mol. The predicted octanol–water partition coefficient (Wildman–Crippen LogP) is 7.95. The van der Waals surface area contributed by atoms with Gasteiger partial charge >= 0.3 is 0 Å². The fraction of sp³-hybridized carbons (Fsp3) is 0.231. The number of hydrogen-bond donors (Lipinski definition) is 0. The summed E-state index contributed by atoms with van der Waals surface area (Å²) in [5.74, 6) is 0. The molecular formula is C26H25I. The van der Waals surface area contributed by atoms with Gasteiger partial charge in [0.2, 0.25) is 0 Å². The molecule has 0 spiro atoms. The van der Waals surface area contributed by atoms with Crippen molar-refractivity contribution in [3.8, 4) is 11.1 Å². The van der Waals surface area contributed by atoms with Gasteiger partial charge in [0.25, 0.3) is 0 Å². The van der Waals surface area contributed by atoms with Crippen LogP contribution in [-0.4, -0.2) is 4.43 Å². The second-order valence-corrected chi connectivity index (χ2v) is 8.63. The quantitative estimate of drug-likeness (QED) is 0.273. The van der Waals surface area contributed by atoms with Crippen molar-refractivity contribution in [3.05, 3.63) is 89.5 Å². The minimum Gasteiger partial charge on any atom is -0.0818 e. The first-order valence-electron chi connectivity index (χ1n) is 9.67. The van der Waals surface area contributed by atoms with Crippen LogP contribution in [0.4, 0.5) is 0 Å². The van der Waals surface area contributed by atoms with E-state index in [1.54, 1.807) is 0 Å². The van der Waals surface area contributed by atoms with E-state index in [0.29, 0.717) is 0 Å². The Morgan fingerprint density at radius 1 is 0.852 bits per heavy atom. The lowest BCUT2D eigenvalue weighted by atomic mass is 9.81. The summed E-state index contributed by atoms with van der Waals surface area (Å²) in [6.07, 6.45) is 5.86. The Balaban J connectivity index is 1.87. The highest BCUT2D eigenvalue weighted by atomic mass is 127. The van der Waals surface area contributed by atoms with E-state index in [1.807, 2.05) is 0 Å². The highest BCUT2D eigenvalue weighted by Crippen LogP contribution is 2.50. The molecule has 3 aromatic rings. The molecule has 0 N–H and O–H groups in total. The lowest BCUT2D eigenvalue weighted by Crippen LogP contribution is -2.15. The minimum atomic E-state index is 0.0500. The first-order valence-corrected chi connectivity index (χ1v) is 11.2. The molecule has 0 unspecified atom stereocenters. The van der Waals surface area contributed by atoms with Crippen LogP contribution in [0.25, 0.3) is 27.5 Å². The highest BCUT2D eigenvalue weighted by molar-refractivity contribution is 14.1. The monoisotopic (exact) mass is 464 g/mol. The van der Waals surface area contributed by atoms with Crippen molar-refractivity contribution in [2.45, 2.75) is 32.6 Å². The maximum Gasteiger partial charge on any atom is 0.0182 e. The normalized spacial score (nSPS) is 18.4. The number of halogens is 1. The van der Waals surface area contributed by atoms with Crippen LogP contribution in [-0.2, 0) is 5.41 Å². The lowest BCUT2D eigenvalue weighted by Gasteiger charge is -2.22. The fourth-order valence-electron chi connectivity index (χ4n) is 4.34. The zero-order valence-corrected chi connectivity index (χ0v) is 18.4. The molecule has 0 radical (unpaired) electrons. The second-order valence-electron chi connectivity index (χ2n) is 7.75. The third kappa shape index (κ3) is 3.16. The smallest absolute Gasteiger partial charge is 0.0182 e. The predicted molar refractivity (Wildman–Crippen MR) is 128 cm³/mol. The second kappa shape index (κ2) is 7.27. The van der Waals surface area contributed by atoms with Crippen LogP contribution in [0.2, 0.25) is 0 Å². The molecule has 0 amide bonds. The van der Waals surface area contributed by atoms with Crippen LogP contribution in [0.3, 0.4) is 0 Å². The van der Waals surface area contributed by atoms with Gasteiger partial charge in [-0.1, -0.05) is 104 Å². The van der Waals surface area contributed by atoms with Gasteiger partial charge in [0.1, 0.15) is 0 Å². The van der Waals surface area contributed by atoms with Gasteiger partial charge in [-0.15, -0.1) is 0 Å². The van der Waals surface area contributed by atoms with Gasteiger partial charge in [-0.3, -0.25) is 0 Å². The largest absolute Gasteiger partial charge is 0.0818 e. The first kappa shape index (κ1) is 18.5. The Bertz CT molecular complexity index is 1070. The van der Waals surface area contributed by atoms with Crippen molar-refractivity contribution in [1.82, 2.24) is 0 Å². The van der Waals surface area contributed by atoms with Crippen molar-refractivity contribution in [2.75, 3.05) is 4.43 Å². The van der Waals surface area contributed by atoms with E-state index in [9.17, 15) is 0 Å². The van der Waals surface area contributed by atoms with Crippen LogP contribution in [0.15, 0.2) is 78.4 Å². The summed E-state index contributed by atoms with van der Waals surface area (Å²) in [5, 5.41) is 2.59. The number of hydrogen-bond acceptors (Lipinski definition) is 0. The molecule has 27 heavy (non-hydrogen) atoms. The van der Waals surface area contributed by atoms with Crippen molar-refractivity contribution in [3.63, 3.8) is 0 Å². The maximum atomic E-state index is 2.45. The van der Waals surface area contributed by atoms with Crippen LogP contribution in [0.5, 0.6) is 0 Å². The van der Waals surface area contributed by atoms with Gasteiger partial charge in [-0.2, -0.15) is 0 Å². The molecule has 0 fully saturated rings. The highest BCUT2D eigenvalue weighted by Gasteiger charge is 2.37. The molecule has 136 valence electrons. The van der Waals surface area contributed by atoms with E-state index < -0.39 is 0 Å². The summed E-state index contributed by atoms with van der Waals surface area (Å²) in [7, 11) is 0. The van der Waals surface area contributed by atoms with E-state index in [0.717, 1.165) is 10.8 Å². The molecule has 1 aliphatic rings. The van der Waals surface area contributed by atoms with Crippen molar-refractivity contribution >= 4 is 38.9 Å². The van der Waals surface area contributed by atoms with Crippen LogP contribution in [0.1, 0.15) is 38.3 Å². The Morgan fingerprint density at radius 3 is 2.30 bits per heavy atom. The third-order valence-electron chi connectivity index (χ3n) is 5.72. The van der Waals surface area contributed by atoms with E-state index in [2.05, 4.69) is 116 Å². The molecule has 0 nitrogen and oxygen atoms in total. The molecule has 0 saturated carbocycles. The third-order valence-corrected chi connectivity index (χ3v) is 6.16. The number of alkyl halides is 1. The number of fused-ring (bicyclic) bond motifs is 2. The SMILES string of the molecule is CC/C=C1\C(=C/CI)C(C)(C)c2cc(-c3ccc4ccccc4c3)ccc21. The van der Waals surface area contributed by atoms with Crippen LogP contribution < -0.4 is 0 Å². The molecule has 0 bridgehead atoms. The molecule has 0 saturated heterocycles. The molecule has 0 aliphatic heterocycles. The van der Waals surface area contributed by atoms with Gasteiger partial charge < -0.3 is 0 Å². The van der Waals surface area contributed by atoms with E-state index in [-0.39, 0.29) is 5.41 Å². The summed E-state index contributed by atoms with van der Waals surface area (Å²) < 4.78 is 1.04. The molecule has 0 atom stereocenters. The first-order chi connectivity index (χ1) is 13.1. The number of allylic oxidation sites excluding steroid dienone is 4. The maximum absolute atomic E-state index is 2.45. The van der Waals surface area contributed by atoms with Gasteiger partial charge in [-0.25, -0.2) is 0 Å². The van der Waals surface area contributed by atoms with Crippen molar-refractivity contribution < 1.29 is 0 Å². The number of rotatable bonds is 3. The standard InChI is InChI=1S/C26H25I/c1-4-7-22-23-13-12-21(17-25(23)26(2,3)24(22)14-15-27)20-11-10-18-8-5-6-9-19(18)16-20/h5-14,16-17H,4,15H2,1-3H3/b22-7-,24-14+. The van der Waals surface area contributed by atoms with Gasteiger partial charge in [-0.05, 0) is 62.7 Å². The minimum absolute atomic E-state index is 0.0500. The Hall–Kier alpha value is -1.87.